The average Bonchev–Trinajstić information content (AvgIpc) is 3.38. The van der Waals surface area contributed by atoms with Gasteiger partial charge in [0.2, 0.25) is 0 Å². The zero-order valence-corrected chi connectivity index (χ0v) is 47.7. The van der Waals surface area contributed by atoms with Gasteiger partial charge in [-0.2, -0.15) is 0 Å². The number of hydrogen-bond donors (Lipinski definition) is 0. The molecule has 0 fully saturated rings. The number of carbonyl (C=O) groups excluding carboxylic acids is 3. The van der Waals surface area contributed by atoms with Gasteiger partial charge < -0.3 is 14.2 Å². The third kappa shape index (κ3) is 57.7. The van der Waals surface area contributed by atoms with Crippen molar-refractivity contribution in [3.8, 4) is 0 Å². The molecule has 0 radical (unpaired) electrons. The highest BCUT2D eigenvalue weighted by molar-refractivity contribution is 5.72. The van der Waals surface area contributed by atoms with Gasteiger partial charge in [0.1, 0.15) is 13.2 Å². The molecule has 0 aromatic heterocycles. The van der Waals surface area contributed by atoms with Crippen molar-refractivity contribution in [3.63, 3.8) is 0 Å². The van der Waals surface area contributed by atoms with Crippen molar-refractivity contribution in [3.05, 3.63) is 72.9 Å². The summed E-state index contributed by atoms with van der Waals surface area (Å²) < 4.78 is 16.8. The minimum atomic E-state index is -0.815. The van der Waals surface area contributed by atoms with Gasteiger partial charge in [0, 0.05) is 12.8 Å². The van der Waals surface area contributed by atoms with Crippen LogP contribution in [0, 0.1) is 0 Å². The topological polar surface area (TPSA) is 78.9 Å². The van der Waals surface area contributed by atoms with Crippen molar-refractivity contribution in [2.24, 2.45) is 0 Å². The second kappa shape index (κ2) is 60.4. The third-order valence-corrected chi connectivity index (χ3v) is 13.5. The lowest BCUT2D eigenvalue weighted by molar-refractivity contribution is -0.166. The molecule has 72 heavy (non-hydrogen) atoms. The molecule has 0 aliphatic carbocycles. The first-order valence-corrected chi connectivity index (χ1v) is 30.9. The molecule has 0 heterocycles. The standard InChI is InChI=1S/C66H116O6/c1-4-7-10-13-16-19-22-25-28-30-32-33-34-36-38-41-44-47-50-53-56-59-65(68)71-62-63(61-70-64(67)58-55-52-49-46-43-40-37-27-24-21-18-15-12-9-6-3)72-66(69)60-57-54-51-48-45-42-39-35-31-29-26-23-20-17-14-11-8-5-2/h9,12,18,21,27,30,32,37,43,46,52,55,63H,4-8,10-11,13-17,19-20,22-26,28-29,31,33-36,38-42,44-45,47-51,53-54,56-62H2,1-3H3/b12-9-,21-18-,32-30-,37-27-,46-43-,55-52-. The Labute approximate surface area is 446 Å². The van der Waals surface area contributed by atoms with Crippen molar-refractivity contribution in [2.45, 2.75) is 316 Å². The zero-order chi connectivity index (χ0) is 52.2. The van der Waals surface area contributed by atoms with E-state index in [-0.39, 0.29) is 31.6 Å². The van der Waals surface area contributed by atoms with Crippen LogP contribution >= 0.6 is 0 Å². The first kappa shape index (κ1) is 68.8. The van der Waals surface area contributed by atoms with Gasteiger partial charge in [-0.3, -0.25) is 14.4 Å². The lowest BCUT2D eigenvalue weighted by atomic mass is 10.0. The average molecular weight is 1010 g/mol. The van der Waals surface area contributed by atoms with Crippen LogP contribution in [-0.4, -0.2) is 37.2 Å². The SMILES string of the molecule is CC/C=C\C/C=C\C/C=C\C/C=C\C/C=C\CC(=O)OCC(COC(=O)CCCCCCCCCCC/C=C\CCCCCCCCCC)OC(=O)CCCCCCCCCCCCCCCCCCCC. The molecule has 416 valence electrons. The molecule has 6 nitrogen and oxygen atoms in total. The molecule has 0 aromatic carbocycles. The van der Waals surface area contributed by atoms with E-state index in [9.17, 15) is 14.4 Å². The summed E-state index contributed by atoms with van der Waals surface area (Å²) in [4.78, 5) is 38.2. The van der Waals surface area contributed by atoms with Crippen molar-refractivity contribution < 1.29 is 28.6 Å². The Morgan fingerprint density at radius 1 is 0.306 bits per heavy atom. The molecule has 0 N–H and O–H groups in total. The summed E-state index contributed by atoms with van der Waals surface area (Å²) in [6, 6.07) is 0. The van der Waals surface area contributed by atoms with Crippen LogP contribution in [0.3, 0.4) is 0 Å². The minimum Gasteiger partial charge on any atom is -0.462 e. The number of esters is 3. The first-order chi connectivity index (χ1) is 35.5. The summed E-state index contributed by atoms with van der Waals surface area (Å²) in [5, 5.41) is 0. The molecule has 0 aliphatic rings. The van der Waals surface area contributed by atoms with Crippen LogP contribution in [0.2, 0.25) is 0 Å². The van der Waals surface area contributed by atoms with E-state index in [2.05, 4.69) is 81.5 Å². The van der Waals surface area contributed by atoms with Gasteiger partial charge in [-0.25, -0.2) is 0 Å². The molecule has 0 aromatic rings. The lowest BCUT2D eigenvalue weighted by Crippen LogP contribution is -2.30. The van der Waals surface area contributed by atoms with Crippen molar-refractivity contribution >= 4 is 17.9 Å². The normalized spacial score (nSPS) is 12.5. The van der Waals surface area contributed by atoms with E-state index in [4.69, 9.17) is 14.2 Å². The Morgan fingerprint density at radius 2 is 0.597 bits per heavy atom. The maximum Gasteiger partial charge on any atom is 0.309 e. The monoisotopic (exact) mass is 1000 g/mol. The molecule has 0 aliphatic heterocycles. The molecule has 0 saturated carbocycles. The highest BCUT2D eigenvalue weighted by Crippen LogP contribution is 2.17. The summed E-state index contributed by atoms with van der Waals surface area (Å²) in [6.07, 6.45) is 77.9. The second-order valence-corrected chi connectivity index (χ2v) is 20.6. The van der Waals surface area contributed by atoms with E-state index in [1.54, 1.807) is 6.08 Å². The molecule has 1 atom stereocenters. The fraction of sp³-hybridized carbons (Fsp3) is 0.773. The minimum absolute atomic E-state index is 0.103. The molecule has 1 unspecified atom stereocenters. The van der Waals surface area contributed by atoms with Crippen molar-refractivity contribution in [2.75, 3.05) is 13.2 Å². The Hall–Kier alpha value is -3.15. The van der Waals surface area contributed by atoms with Gasteiger partial charge in [0.05, 0.1) is 6.42 Å². The van der Waals surface area contributed by atoms with Crippen LogP contribution in [0.25, 0.3) is 0 Å². The predicted octanol–water partition coefficient (Wildman–Crippen LogP) is 20.9. The molecule has 0 amide bonds. The third-order valence-electron chi connectivity index (χ3n) is 13.5. The Kier molecular flexibility index (Phi) is 57.8. The van der Waals surface area contributed by atoms with E-state index in [0.717, 1.165) is 70.6 Å². The highest BCUT2D eigenvalue weighted by atomic mass is 16.6. The number of carbonyl (C=O) groups is 3. The molecule has 6 heteroatoms. The van der Waals surface area contributed by atoms with Gasteiger partial charge in [0.15, 0.2) is 6.10 Å². The number of unbranched alkanes of at least 4 members (excludes halogenated alkanes) is 34. The van der Waals surface area contributed by atoms with Crippen LogP contribution in [0.1, 0.15) is 310 Å². The maximum absolute atomic E-state index is 12.9. The summed E-state index contributed by atoms with van der Waals surface area (Å²) in [5.41, 5.74) is 0. The number of hydrogen-bond acceptors (Lipinski definition) is 6. The van der Waals surface area contributed by atoms with E-state index < -0.39 is 12.1 Å². The number of ether oxygens (including phenoxy) is 3. The molecule has 0 saturated heterocycles. The summed E-state index contributed by atoms with van der Waals surface area (Å²) in [7, 11) is 0. The largest absolute Gasteiger partial charge is 0.462 e. The number of rotatable bonds is 56. The summed E-state index contributed by atoms with van der Waals surface area (Å²) in [6.45, 7) is 6.48. The molecule has 0 spiro atoms. The van der Waals surface area contributed by atoms with Gasteiger partial charge in [0.25, 0.3) is 0 Å². The van der Waals surface area contributed by atoms with Gasteiger partial charge >= 0.3 is 17.9 Å². The zero-order valence-electron chi connectivity index (χ0n) is 47.7. The van der Waals surface area contributed by atoms with E-state index >= 15 is 0 Å². The highest BCUT2D eigenvalue weighted by Gasteiger charge is 2.19. The predicted molar refractivity (Wildman–Crippen MR) is 311 cm³/mol. The molecule has 0 bridgehead atoms. The van der Waals surface area contributed by atoms with Crippen molar-refractivity contribution in [1.82, 2.24) is 0 Å². The van der Waals surface area contributed by atoms with Crippen LogP contribution in [0.15, 0.2) is 72.9 Å². The summed E-state index contributed by atoms with van der Waals surface area (Å²) in [5.74, 6) is -1.02. The quantitative estimate of drug-likeness (QED) is 0.0261. The Balaban J connectivity index is 4.41. The van der Waals surface area contributed by atoms with E-state index in [1.165, 1.54) is 199 Å². The fourth-order valence-electron chi connectivity index (χ4n) is 8.87. The van der Waals surface area contributed by atoms with E-state index in [1.807, 2.05) is 6.08 Å². The van der Waals surface area contributed by atoms with Crippen LogP contribution in [0.4, 0.5) is 0 Å². The van der Waals surface area contributed by atoms with Gasteiger partial charge in [-0.1, -0.05) is 293 Å². The Morgan fingerprint density at radius 3 is 0.958 bits per heavy atom. The maximum atomic E-state index is 12.9. The lowest BCUT2D eigenvalue weighted by Gasteiger charge is -2.18. The van der Waals surface area contributed by atoms with Gasteiger partial charge in [-0.15, -0.1) is 0 Å². The van der Waals surface area contributed by atoms with Crippen LogP contribution in [0.5, 0.6) is 0 Å². The summed E-state index contributed by atoms with van der Waals surface area (Å²) >= 11 is 0. The molecular formula is C66H116O6. The molecule has 0 rings (SSSR count). The smallest absolute Gasteiger partial charge is 0.309 e. The Bertz CT molecular complexity index is 1340. The van der Waals surface area contributed by atoms with Crippen LogP contribution in [-0.2, 0) is 28.6 Å². The first-order valence-electron chi connectivity index (χ1n) is 30.9. The van der Waals surface area contributed by atoms with Crippen molar-refractivity contribution in [1.29, 1.82) is 0 Å². The van der Waals surface area contributed by atoms with Crippen LogP contribution < -0.4 is 0 Å². The van der Waals surface area contributed by atoms with Gasteiger partial charge in [-0.05, 0) is 70.6 Å². The fourth-order valence-corrected chi connectivity index (χ4v) is 8.87. The number of allylic oxidation sites excluding steroid dienone is 11. The van der Waals surface area contributed by atoms with E-state index in [0.29, 0.717) is 12.8 Å². The molecular weight excluding hydrogens is 889 g/mol. The second-order valence-electron chi connectivity index (χ2n) is 20.6.